The fourth-order valence-electron chi connectivity index (χ4n) is 3.62. The highest BCUT2D eigenvalue weighted by molar-refractivity contribution is 7.80. The predicted molar refractivity (Wildman–Crippen MR) is 147 cm³/mol. The second-order valence-corrected chi connectivity index (χ2v) is 9.42. The third kappa shape index (κ3) is 10.5. The molecule has 0 saturated carbocycles. The molecule has 4 unspecified atom stereocenters. The number of phenolic OH excluding ortho intramolecular Hbond substituents is 2. The van der Waals surface area contributed by atoms with Crippen molar-refractivity contribution in [2.24, 2.45) is 11.5 Å². The number of phenols is 2. The van der Waals surface area contributed by atoms with Crippen molar-refractivity contribution in [1.29, 1.82) is 0 Å². The second-order valence-electron chi connectivity index (χ2n) is 9.06. The Morgan fingerprint density at radius 2 is 1.18 bits per heavy atom. The van der Waals surface area contributed by atoms with E-state index in [-0.39, 0.29) is 42.9 Å². The molecule has 2 aromatic carbocycles. The van der Waals surface area contributed by atoms with Gasteiger partial charge in [0, 0.05) is 18.6 Å². The number of carbonyl (C=O) groups excluding carboxylic acids is 4. The van der Waals surface area contributed by atoms with Gasteiger partial charge in [0.1, 0.15) is 29.6 Å². The molecule has 4 amide bonds. The van der Waals surface area contributed by atoms with Crippen LogP contribution in [0.4, 0.5) is 0 Å². The topological polar surface area (TPSA) is 234 Å². The molecule has 0 aliphatic rings. The van der Waals surface area contributed by atoms with Gasteiger partial charge in [0.05, 0.1) is 6.04 Å². The molecule has 0 fully saturated rings. The number of nitrogens with one attached hydrogen (secondary N) is 3. The second kappa shape index (κ2) is 15.3. The van der Waals surface area contributed by atoms with Gasteiger partial charge in [-0.15, -0.1) is 0 Å². The van der Waals surface area contributed by atoms with Gasteiger partial charge in [0.15, 0.2) is 0 Å². The van der Waals surface area contributed by atoms with E-state index in [0.29, 0.717) is 11.1 Å². The third-order valence-electron chi connectivity index (χ3n) is 5.85. The van der Waals surface area contributed by atoms with Crippen molar-refractivity contribution in [3.8, 4) is 11.5 Å². The summed E-state index contributed by atoms with van der Waals surface area (Å²) < 4.78 is 0. The van der Waals surface area contributed by atoms with E-state index in [1.807, 2.05) is 0 Å². The number of carbonyl (C=O) groups is 5. The van der Waals surface area contributed by atoms with Gasteiger partial charge >= 0.3 is 5.97 Å². The molecule has 0 spiro atoms. The molecule has 0 bridgehead atoms. The van der Waals surface area contributed by atoms with Crippen molar-refractivity contribution in [2.45, 2.75) is 49.9 Å². The van der Waals surface area contributed by atoms with Gasteiger partial charge in [-0.05, 0) is 48.2 Å². The predicted octanol–water partition coefficient (Wildman–Crippen LogP) is -1.06. The molecular formula is C26H33N5O8S. The number of carboxylic acid groups (broad SMARTS) is 1. The highest BCUT2D eigenvalue weighted by Gasteiger charge is 2.30. The normalized spacial score (nSPS) is 13.8. The lowest BCUT2D eigenvalue weighted by atomic mass is 10.0. The molecule has 10 N–H and O–H groups in total. The van der Waals surface area contributed by atoms with Gasteiger partial charge in [0.2, 0.25) is 23.6 Å². The standard InChI is InChI=1S/C26H33N5O8S/c27-18(11-14-1-5-16(32)6-2-14)23(35)30-20(12-15-3-7-17(33)8-4-15)24(36)31-21(13-40)25(37)29-19(26(38)39)9-10-22(28)34/h1-8,18-21,32-33,40H,9-13,27H2,(H2,28,34)(H,29,37)(H,30,35)(H,31,36)(H,38,39). The number of nitrogens with two attached hydrogens (primary N) is 2. The Balaban J connectivity index is 2.16. The molecule has 0 aliphatic carbocycles. The molecule has 14 heteroatoms. The lowest BCUT2D eigenvalue weighted by Gasteiger charge is -2.24. The fourth-order valence-corrected chi connectivity index (χ4v) is 3.87. The van der Waals surface area contributed by atoms with E-state index in [2.05, 4.69) is 28.6 Å². The fraction of sp³-hybridized carbons (Fsp3) is 0.346. The molecule has 4 atom stereocenters. The number of thiol groups is 1. The Kier molecular flexibility index (Phi) is 12.2. The van der Waals surface area contributed by atoms with Gasteiger partial charge in [-0.2, -0.15) is 12.6 Å². The smallest absolute Gasteiger partial charge is 0.326 e. The highest BCUT2D eigenvalue weighted by Crippen LogP contribution is 2.13. The maximum Gasteiger partial charge on any atom is 0.326 e. The van der Waals surface area contributed by atoms with E-state index >= 15 is 0 Å². The summed E-state index contributed by atoms with van der Waals surface area (Å²) in [6.45, 7) is 0. The Morgan fingerprint density at radius 1 is 0.725 bits per heavy atom. The van der Waals surface area contributed by atoms with Crippen molar-refractivity contribution < 1.29 is 39.3 Å². The number of rotatable bonds is 15. The summed E-state index contributed by atoms with van der Waals surface area (Å²) in [6.07, 6.45) is -0.438. The molecule has 0 heterocycles. The average molecular weight is 576 g/mol. The van der Waals surface area contributed by atoms with E-state index in [1.54, 1.807) is 24.3 Å². The molecule has 0 radical (unpaired) electrons. The van der Waals surface area contributed by atoms with Gasteiger partial charge in [-0.1, -0.05) is 24.3 Å². The molecule has 0 aromatic heterocycles. The van der Waals surface area contributed by atoms with Gasteiger partial charge in [-0.3, -0.25) is 19.2 Å². The summed E-state index contributed by atoms with van der Waals surface area (Å²) in [7, 11) is 0. The van der Waals surface area contributed by atoms with Crippen LogP contribution < -0.4 is 27.4 Å². The molecular weight excluding hydrogens is 542 g/mol. The molecule has 2 rings (SSSR count). The quantitative estimate of drug-likeness (QED) is 0.118. The summed E-state index contributed by atoms with van der Waals surface area (Å²) in [4.78, 5) is 61.4. The Labute approximate surface area is 235 Å². The average Bonchev–Trinajstić information content (AvgIpc) is 2.91. The minimum atomic E-state index is -1.43. The van der Waals surface area contributed by atoms with Crippen molar-refractivity contribution in [3.05, 3.63) is 59.7 Å². The summed E-state index contributed by atoms with van der Waals surface area (Å²) in [6, 6.07) is 7.07. The number of hydrogen-bond acceptors (Lipinski definition) is 9. The van der Waals surface area contributed by atoms with Crippen LogP contribution in [0.5, 0.6) is 11.5 Å². The van der Waals surface area contributed by atoms with Crippen LogP contribution in [0.2, 0.25) is 0 Å². The van der Waals surface area contributed by atoms with Crippen molar-refractivity contribution in [3.63, 3.8) is 0 Å². The first-order valence-electron chi connectivity index (χ1n) is 12.2. The van der Waals surface area contributed by atoms with Crippen LogP contribution in [0.3, 0.4) is 0 Å². The minimum absolute atomic E-state index is 0.000774. The number of amides is 4. The lowest BCUT2D eigenvalue weighted by molar-refractivity contribution is -0.142. The highest BCUT2D eigenvalue weighted by atomic mass is 32.1. The van der Waals surface area contributed by atoms with Gasteiger partial charge < -0.3 is 42.7 Å². The van der Waals surface area contributed by atoms with Crippen molar-refractivity contribution in [1.82, 2.24) is 16.0 Å². The first kappa shape index (κ1) is 31.9. The van der Waals surface area contributed by atoms with E-state index in [1.165, 1.54) is 24.3 Å². The Morgan fingerprint density at radius 3 is 1.65 bits per heavy atom. The molecule has 0 aliphatic heterocycles. The maximum absolute atomic E-state index is 13.2. The Hall–Kier alpha value is -4.30. The summed E-state index contributed by atoms with van der Waals surface area (Å²) in [5.41, 5.74) is 12.4. The molecule has 216 valence electrons. The largest absolute Gasteiger partial charge is 0.508 e. The summed E-state index contributed by atoms with van der Waals surface area (Å²) >= 11 is 4.08. The Bertz CT molecular complexity index is 1190. The molecule has 40 heavy (non-hydrogen) atoms. The van der Waals surface area contributed by atoms with Crippen molar-refractivity contribution >= 4 is 42.2 Å². The van der Waals surface area contributed by atoms with Gasteiger partial charge in [-0.25, -0.2) is 4.79 Å². The first-order valence-corrected chi connectivity index (χ1v) is 12.9. The number of aromatic hydroxyl groups is 2. The molecule has 0 saturated heterocycles. The van der Waals surface area contributed by atoms with Crippen LogP contribution in [0.1, 0.15) is 24.0 Å². The zero-order chi connectivity index (χ0) is 29.8. The molecule has 13 nitrogen and oxygen atoms in total. The lowest BCUT2D eigenvalue weighted by Crippen LogP contribution is -2.58. The molecule has 2 aromatic rings. The van der Waals surface area contributed by atoms with Crippen LogP contribution in [-0.2, 0) is 36.8 Å². The number of hydrogen-bond donors (Lipinski definition) is 9. The SMILES string of the molecule is NC(=O)CCC(NC(=O)C(CS)NC(=O)C(Cc1ccc(O)cc1)NC(=O)C(N)Cc1ccc(O)cc1)C(=O)O. The minimum Gasteiger partial charge on any atom is -0.508 e. The summed E-state index contributed by atoms with van der Waals surface area (Å²) in [5.74, 6) is -4.57. The number of carboxylic acids is 1. The van der Waals surface area contributed by atoms with Crippen LogP contribution >= 0.6 is 12.6 Å². The maximum atomic E-state index is 13.2. The first-order chi connectivity index (χ1) is 18.9. The van der Waals surface area contributed by atoms with E-state index in [4.69, 9.17) is 11.5 Å². The van der Waals surface area contributed by atoms with Gasteiger partial charge in [0.25, 0.3) is 0 Å². The monoisotopic (exact) mass is 575 g/mol. The van der Waals surface area contributed by atoms with E-state index in [9.17, 15) is 39.3 Å². The summed E-state index contributed by atoms with van der Waals surface area (Å²) in [5, 5.41) is 35.7. The zero-order valence-corrected chi connectivity index (χ0v) is 22.3. The number of aliphatic carboxylic acids is 1. The van der Waals surface area contributed by atoms with Crippen LogP contribution in [-0.4, -0.2) is 74.8 Å². The third-order valence-corrected chi connectivity index (χ3v) is 6.21. The van der Waals surface area contributed by atoms with Crippen molar-refractivity contribution in [2.75, 3.05) is 5.75 Å². The zero-order valence-electron chi connectivity index (χ0n) is 21.4. The van der Waals surface area contributed by atoms with E-state index < -0.39 is 53.8 Å². The van der Waals surface area contributed by atoms with Crippen LogP contribution in [0.25, 0.3) is 0 Å². The number of benzene rings is 2. The van der Waals surface area contributed by atoms with Crippen LogP contribution in [0, 0.1) is 0 Å². The number of primary amides is 1. The van der Waals surface area contributed by atoms with E-state index in [0.717, 1.165) is 0 Å². The van der Waals surface area contributed by atoms with Crippen LogP contribution in [0.15, 0.2) is 48.5 Å².